The molecule has 5 rings (SSSR count). The molecule has 1 aromatic carbocycles. The van der Waals surface area contributed by atoms with Crippen molar-refractivity contribution < 1.29 is 14.3 Å². The van der Waals surface area contributed by atoms with E-state index in [0.717, 1.165) is 36.2 Å². The van der Waals surface area contributed by atoms with E-state index in [2.05, 4.69) is 10.4 Å². The first-order valence-electron chi connectivity index (χ1n) is 10.1. The Morgan fingerprint density at radius 3 is 2.83 bits per heavy atom. The Morgan fingerprint density at radius 2 is 2.10 bits per heavy atom. The molecule has 1 aromatic heterocycles. The van der Waals surface area contributed by atoms with Crippen LogP contribution in [0.5, 0.6) is 0 Å². The number of ether oxygens (including phenoxy) is 1. The molecular weight excluding hydrogens is 392 g/mol. The van der Waals surface area contributed by atoms with Crippen LogP contribution in [0.25, 0.3) is 0 Å². The number of carbonyl (C=O) groups excluding carboxylic acids is 2. The second kappa shape index (κ2) is 6.76. The van der Waals surface area contributed by atoms with E-state index in [-0.39, 0.29) is 23.6 Å². The minimum atomic E-state index is -0.378. The number of aromatic nitrogens is 2. The van der Waals surface area contributed by atoms with E-state index in [0.29, 0.717) is 30.5 Å². The number of halogens is 1. The smallest absolute Gasteiger partial charge is 0.407 e. The first-order valence-corrected chi connectivity index (χ1v) is 10.4. The van der Waals surface area contributed by atoms with Gasteiger partial charge in [-0.25, -0.2) is 4.79 Å². The number of nitrogens with zero attached hydrogens (tertiary/aromatic N) is 3. The van der Waals surface area contributed by atoms with Crippen LogP contribution in [-0.2, 0) is 17.7 Å². The number of hydrogen-bond acceptors (Lipinski definition) is 4. The Hall–Kier alpha value is -2.54. The van der Waals surface area contributed by atoms with E-state index in [9.17, 15) is 9.59 Å². The first-order chi connectivity index (χ1) is 14.0. The summed E-state index contributed by atoms with van der Waals surface area (Å²) in [4.78, 5) is 26.6. The molecule has 1 spiro atoms. The summed E-state index contributed by atoms with van der Waals surface area (Å²) in [5.74, 6) is 0.377. The van der Waals surface area contributed by atoms with Gasteiger partial charge in [-0.15, -0.1) is 0 Å². The van der Waals surface area contributed by atoms with E-state index in [1.807, 2.05) is 40.8 Å². The summed E-state index contributed by atoms with van der Waals surface area (Å²) in [6.45, 7) is 3.97. The van der Waals surface area contributed by atoms with Crippen LogP contribution < -0.4 is 5.32 Å². The third-order valence-electron chi connectivity index (χ3n) is 6.41. The second-order valence-electron chi connectivity index (χ2n) is 8.22. The highest BCUT2D eigenvalue weighted by Gasteiger charge is 2.52. The van der Waals surface area contributed by atoms with E-state index >= 15 is 0 Å². The second-order valence-corrected chi connectivity index (χ2v) is 8.63. The average molecular weight is 415 g/mol. The maximum Gasteiger partial charge on any atom is 0.407 e. The number of benzene rings is 1. The quantitative estimate of drug-likeness (QED) is 0.815. The Balaban J connectivity index is 1.39. The van der Waals surface area contributed by atoms with Crippen molar-refractivity contribution in [2.45, 2.75) is 44.4 Å². The third-order valence-corrected chi connectivity index (χ3v) is 6.73. The zero-order valence-electron chi connectivity index (χ0n) is 16.2. The fourth-order valence-electron chi connectivity index (χ4n) is 5.05. The van der Waals surface area contributed by atoms with Crippen molar-refractivity contribution in [3.05, 3.63) is 52.3 Å². The summed E-state index contributed by atoms with van der Waals surface area (Å²) in [6.07, 6.45) is 3.53. The van der Waals surface area contributed by atoms with Crippen molar-refractivity contribution in [1.82, 2.24) is 20.0 Å². The number of aryl methyl sites for hydroxylation is 1. The number of nitrogens with one attached hydrogen (secondary N) is 1. The van der Waals surface area contributed by atoms with Crippen LogP contribution in [0.4, 0.5) is 4.79 Å². The number of amides is 2. The zero-order chi connectivity index (χ0) is 20.2. The lowest BCUT2D eigenvalue weighted by atomic mass is 9.70. The van der Waals surface area contributed by atoms with Crippen LogP contribution in [-0.4, -0.2) is 45.4 Å². The van der Waals surface area contributed by atoms with E-state index in [1.54, 1.807) is 6.20 Å². The average Bonchev–Trinajstić information content (AvgIpc) is 3.33. The highest BCUT2D eigenvalue weighted by atomic mass is 35.5. The minimum absolute atomic E-state index is 0.0618. The molecule has 2 aliphatic heterocycles. The molecule has 1 unspecified atom stereocenters. The first kappa shape index (κ1) is 18.5. The number of carbonyl (C=O) groups is 2. The molecule has 1 atom stereocenters. The lowest BCUT2D eigenvalue weighted by Crippen LogP contribution is -2.51. The van der Waals surface area contributed by atoms with Crippen LogP contribution >= 0.6 is 11.6 Å². The summed E-state index contributed by atoms with van der Waals surface area (Å²) >= 11 is 6.41. The van der Waals surface area contributed by atoms with Gasteiger partial charge in [-0.3, -0.25) is 9.48 Å². The van der Waals surface area contributed by atoms with Gasteiger partial charge in [-0.05, 0) is 37.3 Å². The molecule has 152 valence electrons. The molecule has 2 fully saturated rings. The van der Waals surface area contributed by atoms with Gasteiger partial charge in [0.2, 0.25) is 0 Å². The van der Waals surface area contributed by atoms with Crippen LogP contribution in [0.1, 0.15) is 47.4 Å². The summed E-state index contributed by atoms with van der Waals surface area (Å²) in [5, 5.41) is 7.72. The maximum atomic E-state index is 13.2. The lowest BCUT2D eigenvalue weighted by molar-refractivity contribution is -0.0555. The molecule has 3 aliphatic rings. The van der Waals surface area contributed by atoms with E-state index in [4.69, 9.17) is 16.3 Å². The molecule has 0 radical (unpaired) electrons. The molecule has 1 saturated carbocycles. The summed E-state index contributed by atoms with van der Waals surface area (Å²) in [5.41, 5.74) is 2.38. The summed E-state index contributed by atoms with van der Waals surface area (Å²) < 4.78 is 7.34. The zero-order valence-corrected chi connectivity index (χ0v) is 17.0. The lowest BCUT2D eigenvalue weighted by Gasteiger charge is -2.44. The molecule has 7 nitrogen and oxygen atoms in total. The van der Waals surface area contributed by atoms with Crippen molar-refractivity contribution in [3.8, 4) is 0 Å². The maximum absolute atomic E-state index is 13.2. The van der Waals surface area contributed by atoms with Crippen molar-refractivity contribution in [2.75, 3.05) is 13.1 Å². The molecule has 1 aliphatic carbocycles. The predicted molar refractivity (Wildman–Crippen MR) is 107 cm³/mol. The fraction of sp³-hybridized carbons (Fsp3) is 0.476. The SMILES string of the molecule is CCn1ncc(Cl)c1CC1c2ccccc2C(=O)N1CC1CC2(CNC(=O)O2)C1. The van der Waals surface area contributed by atoms with Gasteiger partial charge >= 0.3 is 6.09 Å². The molecular formula is C21H23ClN4O3. The number of alkyl carbamates (subject to hydrolysis) is 1. The van der Waals surface area contributed by atoms with Gasteiger partial charge in [0.25, 0.3) is 5.91 Å². The van der Waals surface area contributed by atoms with Gasteiger partial charge in [-0.2, -0.15) is 5.10 Å². The van der Waals surface area contributed by atoms with Crippen molar-refractivity contribution in [2.24, 2.45) is 5.92 Å². The predicted octanol–water partition coefficient (Wildman–Crippen LogP) is 3.18. The Labute approximate surface area is 174 Å². The summed E-state index contributed by atoms with van der Waals surface area (Å²) in [6, 6.07) is 7.74. The van der Waals surface area contributed by atoms with E-state index < -0.39 is 0 Å². The molecule has 3 heterocycles. The number of rotatable bonds is 5. The van der Waals surface area contributed by atoms with Crippen LogP contribution in [0, 0.1) is 5.92 Å². The van der Waals surface area contributed by atoms with Crippen molar-refractivity contribution in [1.29, 1.82) is 0 Å². The third kappa shape index (κ3) is 2.99. The van der Waals surface area contributed by atoms with Gasteiger partial charge < -0.3 is 15.0 Å². The molecule has 1 saturated heterocycles. The Morgan fingerprint density at radius 1 is 1.31 bits per heavy atom. The summed E-state index contributed by atoms with van der Waals surface area (Å²) in [7, 11) is 0. The Kier molecular flexibility index (Phi) is 4.31. The minimum Gasteiger partial charge on any atom is -0.441 e. The topological polar surface area (TPSA) is 76.5 Å². The van der Waals surface area contributed by atoms with Crippen molar-refractivity contribution >= 4 is 23.6 Å². The van der Waals surface area contributed by atoms with E-state index in [1.165, 1.54) is 0 Å². The van der Waals surface area contributed by atoms with Crippen LogP contribution in [0.3, 0.4) is 0 Å². The standard InChI is InChI=1S/C21H23ClN4O3/c1-2-26-18(16(22)10-24-26)7-17-14-5-3-4-6-15(14)19(27)25(17)11-13-8-21(9-13)12-23-20(28)29-21/h3-6,10,13,17H,2,7-9,11-12H2,1H3,(H,23,28). The normalized spacial score (nSPS) is 27.7. The van der Waals surface area contributed by atoms with Crippen molar-refractivity contribution in [3.63, 3.8) is 0 Å². The number of fused-ring (bicyclic) bond motifs is 1. The van der Waals surface area contributed by atoms with Crippen LogP contribution in [0.2, 0.25) is 5.02 Å². The molecule has 8 heteroatoms. The highest BCUT2D eigenvalue weighted by Crippen LogP contribution is 2.45. The molecule has 29 heavy (non-hydrogen) atoms. The fourth-order valence-corrected chi connectivity index (χ4v) is 5.27. The molecule has 2 aromatic rings. The van der Waals surface area contributed by atoms with Crippen LogP contribution in [0.15, 0.2) is 30.5 Å². The highest BCUT2D eigenvalue weighted by molar-refractivity contribution is 6.31. The van der Waals surface area contributed by atoms with Gasteiger partial charge in [0, 0.05) is 25.1 Å². The molecule has 2 amide bonds. The molecule has 1 N–H and O–H groups in total. The van der Waals surface area contributed by atoms with Gasteiger partial charge in [0.15, 0.2) is 0 Å². The molecule has 0 bridgehead atoms. The monoisotopic (exact) mass is 414 g/mol. The van der Waals surface area contributed by atoms with Gasteiger partial charge in [0.1, 0.15) is 5.60 Å². The van der Waals surface area contributed by atoms with Gasteiger partial charge in [-0.1, -0.05) is 29.8 Å². The Bertz CT molecular complexity index is 982. The number of hydrogen-bond donors (Lipinski definition) is 1. The largest absolute Gasteiger partial charge is 0.441 e. The van der Waals surface area contributed by atoms with Gasteiger partial charge in [0.05, 0.1) is 29.5 Å².